The number of benzene rings is 4. The Morgan fingerprint density at radius 1 is 0.545 bits per heavy atom. The molecular weight excluding hydrogens is 1180 g/mol. The summed E-state index contributed by atoms with van der Waals surface area (Å²) in [7, 11) is 8.03. The second-order valence-corrected chi connectivity index (χ2v) is 22.6. The fourth-order valence-corrected chi connectivity index (χ4v) is 10.7. The number of hydrazine groups is 2. The summed E-state index contributed by atoms with van der Waals surface area (Å²) in [5.41, 5.74) is 15.2. The Morgan fingerprint density at radius 3 is 1.43 bits per heavy atom. The van der Waals surface area contributed by atoms with Crippen LogP contribution in [-0.2, 0) is 13.1 Å². The highest BCUT2D eigenvalue weighted by Crippen LogP contribution is 2.37. The van der Waals surface area contributed by atoms with E-state index in [4.69, 9.17) is 33.4 Å². The number of likely N-dealkylation sites (N-methyl/N-ethyl adjacent to an activating group) is 2. The Morgan fingerprint density at radius 2 is 0.977 bits per heavy atom. The number of carbonyl (C=O) groups is 2. The Bertz CT molecular complexity index is 3220. The van der Waals surface area contributed by atoms with Crippen LogP contribution in [0, 0.1) is 11.6 Å². The number of aromatic nitrogens is 4. The van der Waals surface area contributed by atoms with Gasteiger partial charge in [-0.3, -0.25) is 50.9 Å². The number of rotatable bonds is 19. The quantitative estimate of drug-likeness (QED) is 0.0503. The summed E-state index contributed by atoms with van der Waals surface area (Å²) < 4.78 is 29.0. The molecule has 0 unspecified atom stereocenters. The first-order valence-electron chi connectivity index (χ1n) is 29.3. The lowest BCUT2D eigenvalue weighted by Crippen LogP contribution is -2.47. The molecule has 474 valence electrons. The van der Waals surface area contributed by atoms with Crippen molar-refractivity contribution in [3.8, 4) is 22.6 Å². The molecule has 10 rings (SSSR count). The van der Waals surface area contributed by atoms with Gasteiger partial charge in [0.2, 0.25) is 11.9 Å². The van der Waals surface area contributed by atoms with Gasteiger partial charge >= 0.3 is 0 Å². The van der Waals surface area contributed by atoms with Crippen molar-refractivity contribution in [2.75, 3.05) is 185 Å². The minimum Gasteiger partial charge on any atom is -0.506 e. The first kappa shape index (κ1) is 66.6. The van der Waals surface area contributed by atoms with Gasteiger partial charge in [0.1, 0.15) is 16.5 Å². The van der Waals surface area contributed by atoms with Crippen LogP contribution in [0.15, 0.2) is 85.2 Å². The number of phenols is 2. The van der Waals surface area contributed by atoms with Crippen LogP contribution in [0.1, 0.15) is 31.8 Å². The van der Waals surface area contributed by atoms with E-state index < -0.39 is 23.4 Å². The number of phenolic OH excluding ortho intramolecular Hbond substituents is 2. The van der Waals surface area contributed by atoms with Crippen LogP contribution in [0.25, 0.3) is 11.1 Å². The fourth-order valence-electron chi connectivity index (χ4n) is 10.3. The monoisotopic (exact) mass is 1260 g/mol. The number of nitrogens with zero attached hydrogens (tertiary/aromatic N) is 12. The normalized spacial score (nSPS) is 16.4. The molecule has 6 heterocycles. The fraction of sp³-hybridized carbons (Fsp3) is 0.433. The number of hydrogen-bond donors (Lipinski definition) is 10. The van der Waals surface area contributed by atoms with Gasteiger partial charge in [-0.2, -0.15) is 9.97 Å². The number of piperazine rings is 4. The van der Waals surface area contributed by atoms with E-state index in [0.29, 0.717) is 76.7 Å². The molecule has 4 aromatic carbocycles. The first-order chi connectivity index (χ1) is 42.5. The lowest BCUT2D eigenvalue weighted by molar-refractivity contribution is 0.0951. The minimum atomic E-state index is -0.675. The zero-order chi connectivity index (χ0) is 62.7. The molecule has 4 aliphatic rings. The van der Waals surface area contributed by atoms with Gasteiger partial charge in [-0.25, -0.2) is 18.7 Å². The molecule has 4 aliphatic heterocycles. The number of anilines is 6. The van der Waals surface area contributed by atoms with Crippen LogP contribution in [0.3, 0.4) is 0 Å². The van der Waals surface area contributed by atoms with E-state index in [9.17, 15) is 28.6 Å². The third-order valence-electron chi connectivity index (χ3n) is 15.4. The van der Waals surface area contributed by atoms with Crippen molar-refractivity contribution in [1.82, 2.24) is 65.5 Å². The summed E-state index contributed by atoms with van der Waals surface area (Å²) in [5, 5.41) is 45.5. The number of nitrogens with one attached hydrogen (secondary N) is 6. The number of β-amino-alcohol motifs (C(OH)–C–C–N with tert-alkyl or cyclic N) is 2. The van der Waals surface area contributed by atoms with Crippen molar-refractivity contribution in [3.05, 3.63) is 129 Å². The van der Waals surface area contributed by atoms with Crippen molar-refractivity contribution >= 4 is 69.9 Å². The Balaban J connectivity index is 0.000000218. The van der Waals surface area contributed by atoms with E-state index in [1.165, 1.54) is 17.2 Å². The highest BCUT2D eigenvalue weighted by Gasteiger charge is 2.25. The molecule has 0 atom stereocenters. The standard InChI is InChI=1S/C29H37ClFN9O3.C29H36ClFN8O3.C2H7N/c1-37-8-10-39(11-9-37)19-20-2-4-21(5-3-20)33-24-7-6-22(26(42)25(24)30)28(43)35-36-29-32-18-23(31)27(34-29)40-14-12-38(13-15-40)16-17-41;1-36-6-8-38(9-7-36)19-20-2-4-21(5-3-20)22-16-23(26(41)24(30)17-22)28(42)34-35-29-32-18-25(31)27(33-29)39-12-10-37(11-13-39)14-15-40;1-3-2/h2-7,18,33,41-42H,8-17,19H2,1H3,(H,35,43)(H,32,34,36);2-5,16-18,40-41H,6-15,19H2,1H3,(H,34,42)(H,32,33,35);3H,1-2H3. The predicted octanol–water partition coefficient (Wildman–Crippen LogP) is 4.43. The molecule has 2 amide bonds. The average Bonchev–Trinajstić information content (AvgIpc) is 3.67. The number of aliphatic hydroxyl groups is 2. The lowest BCUT2D eigenvalue weighted by Gasteiger charge is -2.35. The van der Waals surface area contributed by atoms with E-state index in [1.54, 1.807) is 28.0 Å². The number of aliphatic hydroxyl groups excluding tert-OH is 2. The van der Waals surface area contributed by atoms with Crippen LogP contribution < -0.4 is 42.1 Å². The number of hydrogen-bond acceptors (Lipinski definition) is 22. The SMILES string of the molecule is CN1CCN(Cc2ccc(-c3cc(Cl)c(O)c(C(=O)NNc4ncc(F)c(N5CCN(CCO)CC5)n4)c3)cc2)CC1.CN1CCN(Cc2ccc(Nc3ccc(C(=O)NNc4ncc(F)c(N5CCN(CCO)CC5)n4)c(O)c3Cl)cc2)CC1.CNC. The molecular formula is C60H80Cl2F2N18O6. The molecule has 24 nitrogen and oxygen atoms in total. The van der Waals surface area contributed by atoms with E-state index in [2.05, 4.69) is 120 Å². The maximum atomic E-state index is 14.5. The smallest absolute Gasteiger partial charge is 0.273 e. The molecule has 4 fully saturated rings. The summed E-state index contributed by atoms with van der Waals surface area (Å²) in [6, 6.07) is 22.3. The van der Waals surface area contributed by atoms with Crippen LogP contribution in [0.4, 0.5) is 43.7 Å². The first-order valence-corrected chi connectivity index (χ1v) is 30.0. The third kappa shape index (κ3) is 18.6. The zero-order valence-corrected chi connectivity index (χ0v) is 51.6. The van der Waals surface area contributed by atoms with Crippen molar-refractivity contribution in [2.45, 2.75) is 13.1 Å². The van der Waals surface area contributed by atoms with Crippen LogP contribution in [-0.4, -0.2) is 241 Å². The summed E-state index contributed by atoms with van der Waals surface area (Å²) in [4.78, 5) is 59.5. The maximum absolute atomic E-state index is 14.5. The second kappa shape index (κ2) is 32.8. The third-order valence-corrected chi connectivity index (χ3v) is 16.1. The average molecular weight is 1260 g/mol. The van der Waals surface area contributed by atoms with Gasteiger partial charge in [0, 0.05) is 137 Å². The van der Waals surface area contributed by atoms with Gasteiger partial charge in [-0.05, 0) is 86.8 Å². The lowest BCUT2D eigenvalue weighted by atomic mass is 10.0. The van der Waals surface area contributed by atoms with Gasteiger partial charge in [0.15, 0.2) is 23.3 Å². The van der Waals surface area contributed by atoms with Crippen LogP contribution >= 0.6 is 23.2 Å². The van der Waals surface area contributed by atoms with Crippen molar-refractivity contribution in [2.24, 2.45) is 0 Å². The second-order valence-electron chi connectivity index (χ2n) is 21.8. The Hall–Kier alpha value is -7.34. The van der Waals surface area contributed by atoms with Gasteiger partial charge in [-0.15, -0.1) is 0 Å². The highest BCUT2D eigenvalue weighted by molar-refractivity contribution is 6.35. The number of aromatic hydroxyl groups is 2. The molecule has 2 aromatic heterocycles. The Labute approximate surface area is 522 Å². The molecule has 88 heavy (non-hydrogen) atoms. The predicted molar refractivity (Wildman–Crippen MR) is 340 cm³/mol. The van der Waals surface area contributed by atoms with Crippen molar-refractivity contribution in [1.29, 1.82) is 0 Å². The molecule has 0 aliphatic carbocycles. The zero-order valence-electron chi connectivity index (χ0n) is 50.1. The van der Waals surface area contributed by atoms with Crippen LogP contribution in [0.2, 0.25) is 10.0 Å². The largest absolute Gasteiger partial charge is 0.506 e. The van der Waals surface area contributed by atoms with E-state index >= 15 is 0 Å². The molecule has 28 heteroatoms. The topological polar surface area (TPSA) is 265 Å². The molecule has 0 radical (unpaired) electrons. The summed E-state index contributed by atoms with van der Waals surface area (Å²) >= 11 is 12.7. The van der Waals surface area contributed by atoms with E-state index in [1.807, 2.05) is 38.4 Å². The Kier molecular flexibility index (Phi) is 24.8. The van der Waals surface area contributed by atoms with Crippen molar-refractivity contribution < 1.29 is 38.8 Å². The maximum Gasteiger partial charge on any atom is 0.273 e. The van der Waals surface area contributed by atoms with Crippen molar-refractivity contribution in [3.63, 3.8) is 0 Å². The van der Waals surface area contributed by atoms with Gasteiger partial charge in [0.25, 0.3) is 11.8 Å². The van der Waals surface area contributed by atoms with E-state index in [0.717, 1.165) is 89.1 Å². The minimum absolute atomic E-state index is 0.00443. The molecule has 6 aromatic rings. The van der Waals surface area contributed by atoms with Crippen LogP contribution in [0.5, 0.6) is 11.5 Å². The number of amides is 2. The highest BCUT2D eigenvalue weighted by atomic mass is 35.5. The summed E-state index contributed by atoms with van der Waals surface area (Å²) in [6.07, 6.45) is 2.07. The number of halogens is 4. The van der Waals surface area contributed by atoms with Gasteiger partial charge in [-0.1, -0.05) is 59.6 Å². The summed E-state index contributed by atoms with van der Waals surface area (Å²) in [5.74, 6) is -3.01. The molecule has 0 spiro atoms. The molecule has 10 N–H and O–H groups in total. The molecule has 4 saturated heterocycles. The molecule has 0 bridgehead atoms. The summed E-state index contributed by atoms with van der Waals surface area (Å²) in [6.45, 7) is 16.2. The van der Waals surface area contributed by atoms with Gasteiger partial charge in [0.05, 0.1) is 47.4 Å². The van der Waals surface area contributed by atoms with E-state index in [-0.39, 0.29) is 69.4 Å². The molecule has 0 saturated carbocycles. The van der Waals surface area contributed by atoms with Gasteiger partial charge < -0.3 is 50.7 Å². The number of carbonyl (C=O) groups excluding carboxylic acids is 2.